The van der Waals surface area contributed by atoms with Crippen molar-refractivity contribution >= 4 is 15.9 Å². The van der Waals surface area contributed by atoms with Crippen LogP contribution in [0.25, 0.3) is 0 Å². The molecule has 0 saturated heterocycles. The molecule has 0 bridgehead atoms. The minimum Gasteiger partial charge on any atom is -0.319 e. The van der Waals surface area contributed by atoms with Gasteiger partial charge in [0.05, 0.1) is 0 Å². The molecule has 0 spiro atoms. The molecule has 0 aromatic heterocycles. The van der Waals surface area contributed by atoms with Crippen LogP contribution in [0.2, 0.25) is 0 Å². The normalized spacial score (nSPS) is 13.1. The molecule has 0 fully saturated rings. The molecular weight excluding hydrogens is 264 g/mol. The van der Waals surface area contributed by atoms with Gasteiger partial charge in [-0.05, 0) is 44.3 Å². The van der Waals surface area contributed by atoms with Crippen molar-refractivity contribution in [3.8, 4) is 0 Å². The van der Waals surface area contributed by atoms with E-state index in [1.807, 2.05) is 7.05 Å². The molecule has 1 atom stereocenters. The molecule has 0 saturated carbocycles. The lowest BCUT2D eigenvalue weighted by molar-refractivity contribution is 0.276. The molecule has 90 valence electrons. The molecule has 1 unspecified atom stereocenters. The average Bonchev–Trinajstić information content (AvgIpc) is 2.17. The van der Waals surface area contributed by atoms with Crippen LogP contribution in [0.5, 0.6) is 0 Å². The summed E-state index contributed by atoms with van der Waals surface area (Å²) in [4.78, 5) is 2.36. The van der Waals surface area contributed by atoms with E-state index in [1.165, 1.54) is 5.56 Å². The molecule has 1 aromatic carbocycles. The van der Waals surface area contributed by atoms with E-state index in [0.29, 0.717) is 5.92 Å². The third kappa shape index (κ3) is 5.10. The maximum absolute atomic E-state index is 3.50. The summed E-state index contributed by atoms with van der Waals surface area (Å²) >= 11 is 3.50. The first-order chi connectivity index (χ1) is 7.61. The number of hydrogen-bond donors (Lipinski definition) is 1. The van der Waals surface area contributed by atoms with E-state index in [-0.39, 0.29) is 0 Å². The maximum atomic E-state index is 3.50. The summed E-state index contributed by atoms with van der Waals surface area (Å²) in [7, 11) is 4.18. The smallest absolute Gasteiger partial charge is 0.0231 e. The Morgan fingerprint density at radius 3 is 2.81 bits per heavy atom. The first kappa shape index (κ1) is 13.7. The quantitative estimate of drug-likeness (QED) is 0.864. The first-order valence-electron chi connectivity index (χ1n) is 5.69. The Kier molecular flexibility index (Phi) is 6.03. The summed E-state index contributed by atoms with van der Waals surface area (Å²) in [5, 5.41) is 3.21. The standard InChI is InChI=1S/C13H21BrN2/c1-11(8-15-2)9-16(3)10-12-5-4-6-13(14)7-12/h4-7,11,15H,8-10H2,1-3H3. The van der Waals surface area contributed by atoms with Gasteiger partial charge in [-0.3, -0.25) is 0 Å². The van der Waals surface area contributed by atoms with Crippen LogP contribution in [0.4, 0.5) is 0 Å². The van der Waals surface area contributed by atoms with Gasteiger partial charge in [0.25, 0.3) is 0 Å². The number of hydrogen-bond acceptors (Lipinski definition) is 2. The van der Waals surface area contributed by atoms with Crippen molar-refractivity contribution in [3.63, 3.8) is 0 Å². The summed E-state index contributed by atoms with van der Waals surface area (Å²) in [6, 6.07) is 8.50. The molecule has 16 heavy (non-hydrogen) atoms. The zero-order chi connectivity index (χ0) is 12.0. The third-order valence-corrected chi connectivity index (χ3v) is 3.01. The first-order valence-corrected chi connectivity index (χ1v) is 6.48. The molecule has 1 N–H and O–H groups in total. The number of benzene rings is 1. The van der Waals surface area contributed by atoms with Gasteiger partial charge in [0.15, 0.2) is 0 Å². The average molecular weight is 285 g/mol. The van der Waals surface area contributed by atoms with Crippen molar-refractivity contribution in [3.05, 3.63) is 34.3 Å². The topological polar surface area (TPSA) is 15.3 Å². The van der Waals surface area contributed by atoms with E-state index in [4.69, 9.17) is 0 Å². The van der Waals surface area contributed by atoms with Crippen molar-refractivity contribution in [1.82, 2.24) is 10.2 Å². The van der Waals surface area contributed by atoms with Crippen LogP contribution in [0.3, 0.4) is 0 Å². The summed E-state index contributed by atoms with van der Waals surface area (Å²) in [6.07, 6.45) is 0. The predicted octanol–water partition coefficient (Wildman–Crippen LogP) is 2.74. The number of halogens is 1. The zero-order valence-electron chi connectivity index (χ0n) is 10.3. The molecule has 0 amide bonds. The fourth-order valence-electron chi connectivity index (χ4n) is 1.96. The Bertz CT molecular complexity index is 315. The summed E-state index contributed by atoms with van der Waals surface area (Å²) < 4.78 is 1.15. The Morgan fingerprint density at radius 1 is 1.44 bits per heavy atom. The Balaban J connectivity index is 2.42. The second-order valence-corrected chi connectivity index (χ2v) is 5.41. The fourth-order valence-corrected chi connectivity index (χ4v) is 2.40. The van der Waals surface area contributed by atoms with Crippen molar-refractivity contribution < 1.29 is 0 Å². The van der Waals surface area contributed by atoms with Crippen LogP contribution in [0, 0.1) is 5.92 Å². The Morgan fingerprint density at radius 2 is 2.19 bits per heavy atom. The van der Waals surface area contributed by atoms with Crippen molar-refractivity contribution in [2.75, 3.05) is 27.2 Å². The SMILES string of the molecule is CNCC(C)CN(C)Cc1cccc(Br)c1. The van der Waals surface area contributed by atoms with Gasteiger partial charge in [0, 0.05) is 17.6 Å². The summed E-state index contributed by atoms with van der Waals surface area (Å²) in [6.45, 7) is 5.47. The number of nitrogens with one attached hydrogen (secondary N) is 1. The van der Waals surface area contributed by atoms with Crippen molar-refractivity contribution in [2.24, 2.45) is 5.92 Å². The molecule has 0 aliphatic heterocycles. The maximum Gasteiger partial charge on any atom is 0.0231 e. The Labute approximate surface area is 107 Å². The van der Waals surface area contributed by atoms with Gasteiger partial charge in [0.2, 0.25) is 0 Å². The Hall–Kier alpha value is -0.380. The van der Waals surface area contributed by atoms with E-state index in [2.05, 4.69) is 64.4 Å². The van der Waals surface area contributed by atoms with Crippen molar-refractivity contribution in [2.45, 2.75) is 13.5 Å². The van der Waals surface area contributed by atoms with Gasteiger partial charge in [-0.1, -0.05) is 35.0 Å². The summed E-state index contributed by atoms with van der Waals surface area (Å²) in [5.41, 5.74) is 1.36. The van der Waals surface area contributed by atoms with E-state index >= 15 is 0 Å². The van der Waals surface area contributed by atoms with Crippen LogP contribution >= 0.6 is 15.9 Å². The lowest BCUT2D eigenvalue weighted by Gasteiger charge is -2.21. The fraction of sp³-hybridized carbons (Fsp3) is 0.538. The molecule has 0 aliphatic carbocycles. The van der Waals surface area contributed by atoms with Crippen molar-refractivity contribution in [1.29, 1.82) is 0 Å². The molecule has 1 rings (SSSR count). The second kappa shape index (κ2) is 7.05. The predicted molar refractivity (Wildman–Crippen MR) is 73.6 cm³/mol. The van der Waals surface area contributed by atoms with Crippen LogP contribution < -0.4 is 5.32 Å². The highest BCUT2D eigenvalue weighted by molar-refractivity contribution is 9.10. The van der Waals surface area contributed by atoms with Gasteiger partial charge in [-0.2, -0.15) is 0 Å². The molecule has 3 heteroatoms. The minimum atomic E-state index is 0.683. The molecule has 0 heterocycles. The number of nitrogens with zero attached hydrogens (tertiary/aromatic N) is 1. The molecule has 2 nitrogen and oxygen atoms in total. The van der Waals surface area contributed by atoms with E-state index in [0.717, 1.165) is 24.1 Å². The molecular formula is C13H21BrN2. The highest BCUT2D eigenvalue weighted by Gasteiger charge is 2.06. The number of rotatable bonds is 6. The molecule has 1 aromatic rings. The van der Waals surface area contributed by atoms with Gasteiger partial charge in [-0.15, -0.1) is 0 Å². The second-order valence-electron chi connectivity index (χ2n) is 4.49. The minimum absolute atomic E-state index is 0.683. The molecule has 0 aliphatic rings. The van der Waals surface area contributed by atoms with E-state index < -0.39 is 0 Å². The van der Waals surface area contributed by atoms with Gasteiger partial charge < -0.3 is 10.2 Å². The van der Waals surface area contributed by atoms with Crippen LogP contribution in [-0.4, -0.2) is 32.1 Å². The van der Waals surface area contributed by atoms with Crippen LogP contribution in [0.1, 0.15) is 12.5 Å². The lowest BCUT2D eigenvalue weighted by Crippen LogP contribution is -2.29. The zero-order valence-corrected chi connectivity index (χ0v) is 11.9. The van der Waals surface area contributed by atoms with Crippen LogP contribution in [0.15, 0.2) is 28.7 Å². The van der Waals surface area contributed by atoms with Gasteiger partial charge in [0.1, 0.15) is 0 Å². The monoisotopic (exact) mass is 284 g/mol. The van der Waals surface area contributed by atoms with E-state index in [1.54, 1.807) is 0 Å². The summed E-state index contributed by atoms with van der Waals surface area (Å²) in [5.74, 6) is 0.683. The lowest BCUT2D eigenvalue weighted by atomic mass is 10.1. The van der Waals surface area contributed by atoms with E-state index in [9.17, 15) is 0 Å². The van der Waals surface area contributed by atoms with Gasteiger partial charge >= 0.3 is 0 Å². The highest BCUT2D eigenvalue weighted by atomic mass is 79.9. The molecule has 0 radical (unpaired) electrons. The largest absolute Gasteiger partial charge is 0.319 e. The van der Waals surface area contributed by atoms with Gasteiger partial charge in [-0.25, -0.2) is 0 Å². The van der Waals surface area contributed by atoms with Crippen LogP contribution in [-0.2, 0) is 6.54 Å². The highest BCUT2D eigenvalue weighted by Crippen LogP contribution is 2.13. The third-order valence-electron chi connectivity index (χ3n) is 2.52.